The molecule has 3 aromatic rings. The summed E-state index contributed by atoms with van der Waals surface area (Å²) in [6, 6.07) is 17.4. The number of amides is 1. The zero-order valence-corrected chi connectivity index (χ0v) is 33.1. The van der Waals surface area contributed by atoms with Crippen LogP contribution in [0.4, 0.5) is 0 Å². The lowest BCUT2D eigenvalue weighted by molar-refractivity contribution is -0.133. The van der Waals surface area contributed by atoms with Crippen molar-refractivity contribution in [1.29, 1.82) is 0 Å². The maximum absolute atomic E-state index is 13.1. The number of aliphatic hydroxyl groups excluding tert-OH is 5. The summed E-state index contributed by atoms with van der Waals surface area (Å²) in [5.74, 6) is 1.32. The second-order valence-electron chi connectivity index (χ2n) is 16.5. The Hall–Kier alpha value is -3.71. The quantitative estimate of drug-likeness (QED) is 0.105. The minimum Gasteiger partial charge on any atom is -0.490 e. The first-order chi connectivity index (χ1) is 27.0. The Morgan fingerprint density at radius 3 is 2.36 bits per heavy atom. The van der Waals surface area contributed by atoms with Crippen molar-refractivity contribution in [2.24, 2.45) is 0 Å². The molecule has 1 aromatic heterocycles. The molecule has 0 spiro atoms. The zero-order chi connectivity index (χ0) is 39.8. The van der Waals surface area contributed by atoms with Crippen LogP contribution >= 0.6 is 0 Å². The van der Waals surface area contributed by atoms with Gasteiger partial charge >= 0.3 is 0 Å². The highest BCUT2D eigenvalue weighted by molar-refractivity contribution is 5.80. The van der Waals surface area contributed by atoms with Crippen molar-refractivity contribution in [1.82, 2.24) is 14.8 Å². The topological polar surface area (TPSA) is 164 Å². The summed E-state index contributed by atoms with van der Waals surface area (Å²) in [5.41, 5.74) is 7.87. The van der Waals surface area contributed by atoms with Crippen LogP contribution in [0.3, 0.4) is 0 Å². The molecular weight excluding hydrogens is 711 g/mol. The number of aromatic nitrogens is 1. The SMILES string of the molecule is Cc1ccc(C(C)CCCC(=O)N2CCN(CC(=O)CC[C@H](O)[C@@H](O)[C@H](O)[C@H](O)CO)CC2)cc1CCC1(c2cnccc2-c2ccccc2OC2CC2)CC1. The van der Waals surface area contributed by atoms with Crippen LogP contribution in [0, 0.1) is 6.92 Å². The average molecular weight is 772 g/mol. The van der Waals surface area contributed by atoms with Gasteiger partial charge in [-0.2, -0.15) is 0 Å². The van der Waals surface area contributed by atoms with Gasteiger partial charge in [-0.3, -0.25) is 19.5 Å². The van der Waals surface area contributed by atoms with Crippen molar-refractivity contribution in [3.63, 3.8) is 0 Å². The van der Waals surface area contributed by atoms with E-state index in [0.717, 1.165) is 62.7 Å². The molecule has 0 radical (unpaired) electrons. The Labute approximate surface area is 331 Å². The molecule has 2 aliphatic carbocycles. The van der Waals surface area contributed by atoms with Gasteiger partial charge in [0, 0.05) is 57.0 Å². The number of ketones is 1. The molecule has 304 valence electrons. The molecule has 11 nitrogen and oxygen atoms in total. The second-order valence-corrected chi connectivity index (χ2v) is 16.5. The number of carbonyl (C=O) groups excluding carboxylic acids is 2. The van der Waals surface area contributed by atoms with E-state index in [1.165, 1.54) is 27.8 Å². The lowest BCUT2D eigenvalue weighted by Crippen LogP contribution is -2.50. The number of aryl methyl sites for hydroxylation is 2. The number of hydrogen-bond acceptors (Lipinski definition) is 10. The van der Waals surface area contributed by atoms with Crippen molar-refractivity contribution >= 4 is 11.7 Å². The fraction of sp³-hybridized carbons (Fsp3) is 0.578. The van der Waals surface area contributed by atoms with Crippen LogP contribution in [0.25, 0.3) is 11.1 Å². The molecule has 1 amide bonds. The fourth-order valence-electron chi connectivity index (χ4n) is 8.07. The third kappa shape index (κ3) is 10.8. The number of benzene rings is 2. The van der Waals surface area contributed by atoms with Crippen molar-refractivity contribution < 1.29 is 39.9 Å². The third-order valence-electron chi connectivity index (χ3n) is 12.3. The Morgan fingerprint density at radius 1 is 0.911 bits per heavy atom. The number of piperazine rings is 1. The van der Waals surface area contributed by atoms with E-state index in [9.17, 15) is 30.0 Å². The molecule has 1 unspecified atom stereocenters. The van der Waals surface area contributed by atoms with Gasteiger partial charge in [-0.1, -0.05) is 43.3 Å². The van der Waals surface area contributed by atoms with Crippen LogP contribution in [0.5, 0.6) is 5.75 Å². The van der Waals surface area contributed by atoms with E-state index in [2.05, 4.69) is 73.6 Å². The van der Waals surface area contributed by atoms with E-state index in [4.69, 9.17) is 9.84 Å². The van der Waals surface area contributed by atoms with Crippen LogP contribution in [-0.4, -0.2) is 122 Å². The smallest absolute Gasteiger partial charge is 0.222 e. The molecule has 1 aliphatic heterocycles. The predicted molar refractivity (Wildman–Crippen MR) is 214 cm³/mol. The first-order valence-corrected chi connectivity index (χ1v) is 20.6. The maximum Gasteiger partial charge on any atom is 0.222 e. The number of carbonyl (C=O) groups is 2. The monoisotopic (exact) mass is 771 g/mol. The maximum atomic E-state index is 13.1. The van der Waals surface area contributed by atoms with E-state index in [0.29, 0.717) is 44.6 Å². The first-order valence-electron chi connectivity index (χ1n) is 20.6. The van der Waals surface area contributed by atoms with Gasteiger partial charge in [0.15, 0.2) is 0 Å². The summed E-state index contributed by atoms with van der Waals surface area (Å²) in [5, 5.41) is 48.3. The molecule has 0 bridgehead atoms. The Bertz CT molecular complexity index is 1770. The summed E-state index contributed by atoms with van der Waals surface area (Å²) in [6.07, 6.45) is 6.75. The van der Waals surface area contributed by atoms with E-state index in [-0.39, 0.29) is 36.5 Å². The highest BCUT2D eigenvalue weighted by Crippen LogP contribution is 2.55. The highest BCUT2D eigenvalue weighted by Gasteiger charge is 2.45. The zero-order valence-electron chi connectivity index (χ0n) is 33.1. The molecular formula is C45H61N3O8. The standard InChI is InChI=1S/C45H61N3O8/c1-30(6-5-9-42(53)48-24-22-47(23-25-48)28-34(50)12-15-39(51)43(54)44(55)40(52)29-49)32-11-10-31(2)33(26-32)16-18-45(19-20-45)38-27-46-21-17-36(38)37-7-3-4-8-41(37)56-35-13-14-35/h3-4,7-8,10-11,17,21,26-27,30,35,39-40,43-44,49,51-52,54-55H,5-6,9,12-16,18-20,22-25,28-29H2,1-2H3/t30?,39-,40+,43+,44+/m0/s1. The lowest BCUT2D eigenvalue weighted by atomic mass is 9.84. The molecule has 2 saturated carbocycles. The van der Waals surface area contributed by atoms with E-state index < -0.39 is 31.0 Å². The molecule has 5 N–H and O–H groups in total. The third-order valence-corrected chi connectivity index (χ3v) is 12.3. The molecule has 2 aromatic carbocycles. The second kappa shape index (κ2) is 19.2. The van der Waals surface area contributed by atoms with E-state index >= 15 is 0 Å². The number of para-hydroxylation sites is 1. The van der Waals surface area contributed by atoms with Crippen molar-refractivity contribution in [3.05, 3.63) is 83.2 Å². The molecule has 2 heterocycles. The summed E-state index contributed by atoms with van der Waals surface area (Å²) < 4.78 is 6.32. The van der Waals surface area contributed by atoms with Crippen LogP contribution in [0.2, 0.25) is 0 Å². The molecule has 5 atom stereocenters. The van der Waals surface area contributed by atoms with Crippen LogP contribution in [0.1, 0.15) is 99.3 Å². The van der Waals surface area contributed by atoms with Crippen LogP contribution in [0.15, 0.2) is 60.9 Å². The number of rotatable bonds is 21. The molecule has 11 heteroatoms. The van der Waals surface area contributed by atoms with Gasteiger partial charge in [-0.05, 0) is 116 Å². The van der Waals surface area contributed by atoms with Gasteiger partial charge in [0.05, 0.1) is 25.4 Å². The predicted octanol–water partition coefficient (Wildman–Crippen LogP) is 4.47. The Morgan fingerprint density at radius 2 is 1.64 bits per heavy atom. The number of ether oxygens (including phenoxy) is 1. The van der Waals surface area contributed by atoms with Crippen LogP contribution < -0.4 is 4.74 Å². The van der Waals surface area contributed by atoms with Crippen LogP contribution in [-0.2, 0) is 21.4 Å². The first kappa shape index (κ1) is 41.9. The molecule has 3 aliphatic rings. The summed E-state index contributed by atoms with van der Waals surface area (Å²) in [4.78, 5) is 34.1. The van der Waals surface area contributed by atoms with E-state index in [1.807, 2.05) is 16.0 Å². The Balaban J connectivity index is 0.937. The van der Waals surface area contributed by atoms with Crippen molar-refractivity contribution in [2.75, 3.05) is 39.3 Å². The molecule has 1 saturated heterocycles. The van der Waals surface area contributed by atoms with Gasteiger partial charge < -0.3 is 35.2 Å². The fourth-order valence-corrected chi connectivity index (χ4v) is 8.07. The summed E-state index contributed by atoms with van der Waals surface area (Å²) in [7, 11) is 0. The summed E-state index contributed by atoms with van der Waals surface area (Å²) >= 11 is 0. The minimum atomic E-state index is -1.71. The van der Waals surface area contributed by atoms with Crippen molar-refractivity contribution in [2.45, 2.75) is 126 Å². The lowest BCUT2D eigenvalue weighted by Gasteiger charge is -2.34. The van der Waals surface area contributed by atoms with Crippen molar-refractivity contribution in [3.8, 4) is 16.9 Å². The highest BCUT2D eigenvalue weighted by atomic mass is 16.5. The number of pyridine rings is 1. The minimum absolute atomic E-state index is 0.00107. The normalized spacial score (nSPS) is 19.5. The van der Waals surface area contributed by atoms with Gasteiger partial charge in [0.2, 0.25) is 5.91 Å². The van der Waals surface area contributed by atoms with Gasteiger partial charge in [0.25, 0.3) is 0 Å². The molecule has 56 heavy (non-hydrogen) atoms. The van der Waals surface area contributed by atoms with Gasteiger partial charge in [-0.15, -0.1) is 0 Å². The number of aliphatic hydroxyl groups is 5. The average Bonchev–Trinajstić information content (AvgIpc) is 4.17. The summed E-state index contributed by atoms with van der Waals surface area (Å²) in [6.45, 7) is 6.15. The number of hydrogen-bond donors (Lipinski definition) is 5. The van der Waals surface area contributed by atoms with Gasteiger partial charge in [0.1, 0.15) is 29.8 Å². The van der Waals surface area contributed by atoms with Gasteiger partial charge in [-0.25, -0.2) is 0 Å². The molecule has 3 fully saturated rings. The number of Topliss-reactive ketones (excluding diaryl/α,β-unsaturated/α-hetero) is 1. The number of nitrogens with zero attached hydrogens (tertiary/aromatic N) is 3. The molecule has 6 rings (SSSR count). The van der Waals surface area contributed by atoms with E-state index in [1.54, 1.807) is 0 Å². The largest absolute Gasteiger partial charge is 0.490 e. The Kier molecular flexibility index (Phi) is 14.3.